The van der Waals surface area contributed by atoms with Crippen molar-refractivity contribution in [3.05, 3.63) is 112 Å². The monoisotopic (exact) mass is 625 g/mol. The number of carbonyl (C=O) groups is 1. The van der Waals surface area contributed by atoms with E-state index >= 15 is 0 Å². The number of carboxylic acids is 1. The van der Waals surface area contributed by atoms with Crippen molar-refractivity contribution in [2.75, 3.05) is 13.1 Å². The number of carboxylic acid groups (broad SMARTS) is 1. The Morgan fingerprint density at radius 1 is 1.20 bits per heavy atom. The van der Waals surface area contributed by atoms with Gasteiger partial charge in [-0.25, -0.2) is 4.98 Å². The van der Waals surface area contributed by atoms with Crippen LogP contribution in [0.1, 0.15) is 59.0 Å². The molecule has 3 aliphatic rings. The molecule has 0 spiro atoms. The smallest absolute Gasteiger partial charge is 0.387 e. The van der Waals surface area contributed by atoms with Crippen LogP contribution in [0.25, 0.3) is 16.7 Å². The Morgan fingerprint density at radius 2 is 2.04 bits per heavy atom. The summed E-state index contributed by atoms with van der Waals surface area (Å²) in [5.41, 5.74) is 7.56. The average molecular weight is 626 g/mol. The first-order valence-corrected chi connectivity index (χ1v) is 15.9. The zero-order valence-corrected chi connectivity index (χ0v) is 25.9. The fraction of sp³-hybridized carbons (Fsp3) is 0.351. The quantitative estimate of drug-likeness (QED) is 0.218. The minimum absolute atomic E-state index is 0.0377. The van der Waals surface area contributed by atoms with Gasteiger partial charge in [0.1, 0.15) is 17.3 Å². The van der Waals surface area contributed by atoms with Gasteiger partial charge in [-0.1, -0.05) is 67.6 Å². The van der Waals surface area contributed by atoms with Crippen molar-refractivity contribution < 1.29 is 27.8 Å². The number of allylic oxidation sites excluding steroid dienone is 4. The molecule has 7 nitrogen and oxygen atoms in total. The summed E-state index contributed by atoms with van der Waals surface area (Å²) in [6.45, 7) is 3.68. The Hall–Kier alpha value is -4.34. The van der Waals surface area contributed by atoms with Crippen LogP contribution >= 0.6 is 0 Å². The van der Waals surface area contributed by atoms with Crippen molar-refractivity contribution in [3.63, 3.8) is 0 Å². The van der Waals surface area contributed by atoms with Crippen LogP contribution in [-0.2, 0) is 29.7 Å². The van der Waals surface area contributed by atoms with Crippen LogP contribution in [0.4, 0.5) is 8.78 Å². The lowest BCUT2D eigenvalue weighted by atomic mass is 9.64. The molecule has 2 aliphatic heterocycles. The fourth-order valence-corrected chi connectivity index (χ4v) is 7.54. The second-order valence-corrected chi connectivity index (χ2v) is 12.6. The number of nitrogens with one attached hydrogen (secondary N) is 1. The summed E-state index contributed by atoms with van der Waals surface area (Å²) in [6, 6.07) is 17.4. The normalized spacial score (nSPS) is 23.1. The highest BCUT2D eigenvalue weighted by Gasteiger charge is 2.46. The van der Waals surface area contributed by atoms with E-state index in [2.05, 4.69) is 67.7 Å². The first kappa shape index (κ1) is 30.3. The van der Waals surface area contributed by atoms with Gasteiger partial charge in [0, 0.05) is 30.6 Å². The third kappa shape index (κ3) is 5.31. The molecule has 1 aliphatic carbocycles. The molecule has 0 amide bonds. The van der Waals surface area contributed by atoms with E-state index < -0.39 is 24.0 Å². The lowest BCUT2D eigenvalue weighted by Crippen LogP contribution is -2.36. The Labute approximate surface area is 266 Å². The highest BCUT2D eigenvalue weighted by atomic mass is 19.3. The minimum atomic E-state index is -3.05. The molecule has 1 aromatic heterocycles. The maximum absolute atomic E-state index is 13.6. The number of hydrogen-bond acceptors (Lipinski definition) is 6. The van der Waals surface area contributed by atoms with Crippen LogP contribution in [-0.4, -0.2) is 46.7 Å². The van der Waals surface area contributed by atoms with Crippen LogP contribution in [0.3, 0.4) is 0 Å². The van der Waals surface area contributed by atoms with E-state index in [0.29, 0.717) is 35.5 Å². The molecule has 3 atom stereocenters. The van der Waals surface area contributed by atoms with Crippen molar-refractivity contribution in [2.24, 2.45) is 5.92 Å². The molecule has 3 aromatic carbocycles. The summed E-state index contributed by atoms with van der Waals surface area (Å²) in [7, 11) is 0. The molecule has 2 N–H and O–H groups in total. The number of likely N-dealkylation sites (tertiary alicyclic amines) is 1. The van der Waals surface area contributed by atoms with Crippen molar-refractivity contribution >= 4 is 22.6 Å². The molecule has 4 aromatic rings. The third-order valence-electron chi connectivity index (χ3n) is 9.97. The molecule has 0 radical (unpaired) electrons. The number of aliphatic carboxylic acids is 1. The first-order valence-electron chi connectivity index (χ1n) is 15.9. The van der Waals surface area contributed by atoms with Gasteiger partial charge in [0.15, 0.2) is 5.58 Å². The molecule has 0 saturated carbocycles. The second kappa shape index (κ2) is 12.1. The van der Waals surface area contributed by atoms with Gasteiger partial charge in [0.25, 0.3) is 0 Å². The lowest BCUT2D eigenvalue weighted by Gasteiger charge is -2.39. The van der Waals surface area contributed by atoms with Gasteiger partial charge in [0.2, 0.25) is 5.89 Å². The molecule has 9 heteroatoms. The molecule has 1 saturated heterocycles. The van der Waals surface area contributed by atoms with Crippen LogP contribution in [0, 0.1) is 12.8 Å². The van der Waals surface area contributed by atoms with Crippen molar-refractivity contribution in [2.45, 2.75) is 64.3 Å². The molecule has 238 valence electrons. The van der Waals surface area contributed by atoms with E-state index in [4.69, 9.17) is 14.1 Å². The fourth-order valence-electron chi connectivity index (χ4n) is 7.54. The number of rotatable bonds is 8. The van der Waals surface area contributed by atoms with E-state index in [9.17, 15) is 18.7 Å². The number of hydrogen-bond donors (Lipinski definition) is 2. The zero-order valence-electron chi connectivity index (χ0n) is 25.9. The SMILES string of the molecule is Cc1ccccc1C1=CC=CC(c2ccc3c(c2)CCNC3)(c2nc3cc(CN4CCC[C@H]4C(=O)O)c(OC(F)F)cc3o2)C1C. The molecule has 2 unspecified atom stereocenters. The highest BCUT2D eigenvalue weighted by molar-refractivity contribution is 5.79. The van der Waals surface area contributed by atoms with Gasteiger partial charge in [0.05, 0.1) is 5.41 Å². The standard InChI is InChI=1S/C37H37F2N3O4/c1-22-7-3-4-8-28(22)29-9-5-14-37(23(29)2,27-12-11-25-20-40-15-13-24(25)17-27)35-41-30-18-26(21-42-16-6-10-31(42)34(43)44)32(46-36(38)39)19-33(30)45-35/h3-5,7-9,11-12,14,17-19,23,31,36,40H,6,10,13,15-16,20-21H2,1-2H3,(H,43,44)/t23?,31-,37?/m0/s1. The topological polar surface area (TPSA) is 87.8 Å². The molecule has 7 rings (SSSR count). The largest absolute Gasteiger partial charge is 0.480 e. The predicted octanol–water partition coefficient (Wildman–Crippen LogP) is 7.01. The van der Waals surface area contributed by atoms with Gasteiger partial charge in [-0.2, -0.15) is 8.78 Å². The number of alkyl halides is 2. The van der Waals surface area contributed by atoms with Crippen molar-refractivity contribution in [1.82, 2.24) is 15.2 Å². The summed E-state index contributed by atoms with van der Waals surface area (Å²) < 4.78 is 38.8. The van der Waals surface area contributed by atoms with Gasteiger partial charge in [-0.15, -0.1) is 0 Å². The molecule has 1 fully saturated rings. The Morgan fingerprint density at radius 3 is 2.85 bits per heavy atom. The summed E-state index contributed by atoms with van der Waals surface area (Å²) >= 11 is 0. The second-order valence-electron chi connectivity index (χ2n) is 12.6. The van der Waals surface area contributed by atoms with Gasteiger partial charge >= 0.3 is 12.6 Å². The summed E-state index contributed by atoms with van der Waals surface area (Å²) in [5, 5.41) is 13.2. The lowest BCUT2D eigenvalue weighted by molar-refractivity contribution is -0.142. The maximum Gasteiger partial charge on any atom is 0.387 e. The molecular weight excluding hydrogens is 588 g/mol. The first-order chi connectivity index (χ1) is 22.2. The Balaban J connectivity index is 1.38. The average Bonchev–Trinajstić information content (AvgIpc) is 3.68. The van der Waals surface area contributed by atoms with E-state index in [-0.39, 0.29) is 18.2 Å². The number of ether oxygens (including phenoxy) is 1. The Kier molecular flexibility index (Phi) is 7.98. The van der Waals surface area contributed by atoms with Crippen LogP contribution in [0.2, 0.25) is 0 Å². The highest BCUT2D eigenvalue weighted by Crippen LogP contribution is 2.50. The molecular formula is C37H37F2N3O4. The predicted molar refractivity (Wildman–Crippen MR) is 172 cm³/mol. The number of aromatic nitrogens is 1. The number of halogens is 2. The molecule has 3 heterocycles. The zero-order chi connectivity index (χ0) is 32.0. The van der Waals surface area contributed by atoms with Crippen molar-refractivity contribution in [3.8, 4) is 5.75 Å². The van der Waals surface area contributed by atoms with Gasteiger partial charge in [-0.3, -0.25) is 9.69 Å². The summed E-state index contributed by atoms with van der Waals surface area (Å²) in [5.74, 6) is -0.589. The van der Waals surface area contributed by atoms with E-state index in [1.807, 2.05) is 12.1 Å². The van der Waals surface area contributed by atoms with E-state index in [1.54, 1.807) is 11.0 Å². The van der Waals surface area contributed by atoms with Crippen LogP contribution < -0.4 is 10.1 Å². The Bertz CT molecular complexity index is 1860. The summed E-state index contributed by atoms with van der Waals surface area (Å²) in [4.78, 5) is 18.7. The van der Waals surface area contributed by atoms with Gasteiger partial charge in [-0.05, 0) is 78.7 Å². The van der Waals surface area contributed by atoms with E-state index in [0.717, 1.165) is 42.6 Å². The number of oxazole rings is 1. The molecule has 0 bridgehead atoms. The number of nitrogens with zero attached hydrogens (tertiary/aromatic N) is 2. The van der Waals surface area contributed by atoms with Crippen LogP contribution in [0.5, 0.6) is 5.75 Å². The summed E-state index contributed by atoms with van der Waals surface area (Å²) in [6.07, 6.45) is 8.50. The van der Waals surface area contributed by atoms with Gasteiger partial charge < -0.3 is 19.6 Å². The minimum Gasteiger partial charge on any atom is -0.480 e. The van der Waals surface area contributed by atoms with Crippen molar-refractivity contribution in [1.29, 1.82) is 0 Å². The third-order valence-corrected chi connectivity index (χ3v) is 9.97. The number of benzene rings is 3. The maximum atomic E-state index is 13.6. The number of aryl methyl sites for hydroxylation is 1. The van der Waals surface area contributed by atoms with Crippen LogP contribution in [0.15, 0.2) is 77.2 Å². The van der Waals surface area contributed by atoms with E-state index in [1.165, 1.54) is 22.8 Å². The number of fused-ring (bicyclic) bond motifs is 2. The molecule has 46 heavy (non-hydrogen) atoms.